The van der Waals surface area contributed by atoms with Crippen molar-refractivity contribution in [2.24, 2.45) is 0 Å². The van der Waals surface area contributed by atoms with Crippen molar-refractivity contribution < 1.29 is 5.11 Å². The van der Waals surface area contributed by atoms with Crippen molar-refractivity contribution in [3.8, 4) is 5.75 Å². The molecule has 1 heterocycles. The molecule has 1 unspecified atom stereocenters. The van der Waals surface area contributed by atoms with Crippen molar-refractivity contribution in [1.82, 2.24) is 4.90 Å². The Morgan fingerprint density at radius 1 is 1.12 bits per heavy atom. The van der Waals surface area contributed by atoms with Crippen LogP contribution in [0.3, 0.4) is 0 Å². The first-order valence-electron chi connectivity index (χ1n) is 6.41. The van der Waals surface area contributed by atoms with Crippen LogP contribution in [0.2, 0.25) is 0 Å². The Balaban J connectivity index is 1.89. The Morgan fingerprint density at radius 3 is 2.75 bits per heavy atom. The van der Waals surface area contributed by atoms with Crippen LogP contribution in [0.5, 0.6) is 5.75 Å². The van der Waals surface area contributed by atoms with Crippen LogP contribution in [0.1, 0.15) is 42.9 Å². The SMILES string of the molecule is Oc1cccc2c1C(N1CCCCC1)CC2. The first kappa shape index (κ1) is 10.2. The van der Waals surface area contributed by atoms with E-state index in [1.807, 2.05) is 12.1 Å². The van der Waals surface area contributed by atoms with Crippen molar-refractivity contribution in [3.05, 3.63) is 29.3 Å². The lowest BCUT2D eigenvalue weighted by Crippen LogP contribution is -2.32. The predicted molar refractivity (Wildman–Crippen MR) is 64.6 cm³/mol. The molecule has 2 nitrogen and oxygen atoms in total. The number of likely N-dealkylation sites (tertiary alicyclic amines) is 1. The van der Waals surface area contributed by atoms with Crippen LogP contribution in [-0.4, -0.2) is 23.1 Å². The topological polar surface area (TPSA) is 23.5 Å². The van der Waals surface area contributed by atoms with Crippen LogP contribution in [-0.2, 0) is 6.42 Å². The maximum atomic E-state index is 10.0. The molecule has 1 N–H and O–H groups in total. The summed E-state index contributed by atoms with van der Waals surface area (Å²) in [5, 5.41) is 10.0. The third-order valence-corrected chi connectivity index (χ3v) is 4.03. The average molecular weight is 217 g/mol. The van der Waals surface area contributed by atoms with Crippen molar-refractivity contribution in [2.45, 2.75) is 38.1 Å². The zero-order valence-corrected chi connectivity index (χ0v) is 9.65. The Kier molecular flexibility index (Phi) is 2.60. The summed E-state index contributed by atoms with van der Waals surface area (Å²) >= 11 is 0. The highest BCUT2D eigenvalue weighted by atomic mass is 16.3. The molecule has 2 heteroatoms. The van der Waals surface area contributed by atoms with E-state index in [1.165, 1.54) is 49.9 Å². The molecular formula is C14H19NO. The van der Waals surface area contributed by atoms with Gasteiger partial charge in [-0.25, -0.2) is 0 Å². The van der Waals surface area contributed by atoms with Crippen LogP contribution in [0.4, 0.5) is 0 Å². The van der Waals surface area contributed by atoms with Gasteiger partial charge in [0.05, 0.1) is 0 Å². The van der Waals surface area contributed by atoms with Gasteiger partial charge in [-0.3, -0.25) is 4.90 Å². The van der Waals surface area contributed by atoms with Gasteiger partial charge in [-0.1, -0.05) is 18.6 Å². The van der Waals surface area contributed by atoms with E-state index in [4.69, 9.17) is 0 Å². The largest absolute Gasteiger partial charge is 0.508 e. The maximum Gasteiger partial charge on any atom is 0.120 e. The lowest BCUT2D eigenvalue weighted by molar-refractivity contribution is 0.161. The van der Waals surface area contributed by atoms with Gasteiger partial charge in [0.15, 0.2) is 0 Å². The number of fused-ring (bicyclic) bond motifs is 1. The Bertz CT molecular complexity index is 382. The molecule has 0 saturated carbocycles. The molecule has 86 valence electrons. The average Bonchev–Trinajstić information content (AvgIpc) is 2.75. The quantitative estimate of drug-likeness (QED) is 0.782. The minimum absolute atomic E-state index is 0.483. The van der Waals surface area contributed by atoms with Crippen LogP contribution < -0.4 is 0 Å². The molecule has 1 atom stereocenters. The third kappa shape index (κ3) is 1.61. The van der Waals surface area contributed by atoms with E-state index in [0.717, 1.165) is 6.42 Å². The number of piperidine rings is 1. The second kappa shape index (κ2) is 4.10. The number of benzene rings is 1. The van der Waals surface area contributed by atoms with Gasteiger partial charge in [0.25, 0.3) is 0 Å². The van der Waals surface area contributed by atoms with E-state index in [1.54, 1.807) is 0 Å². The number of rotatable bonds is 1. The van der Waals surface area contributed by atoms with Crippen molar-refractivity contribution in [3.63, 3.8) is 0 Å². The second-order valence-corrected chi connectivity index (χ2v) is 5.00. The lowest BCUT2D eigenvalue weighted by atomic mass is 10.0. The molecular weight excluding hydrogens is 198 g/mol. The Hall–Kier alpha value is -1.02. The number of aromatic hydroxyl groups is 1. The van der Waals surface area contributed by atoms with E-state index in [0.29, 0.717) is 11.8 Å². The molecule has 1 aliphatic carbocycles. The molecule has 16 heavy (non-hydrogen) atoms. The highest BCUT2D eigenvalue weighted by Gasteiger charge is 2.30. The monoisotopic (exact) mass is 217 g/mol. The minimum Gasteiger partial charge on any atom is -0.508 e. The highest BCUT2D eigenvalue weighted by Crippen LogP contribution is 2.41. The summed E-state index contributed by atoms with van der Waals surface area (Å²) in [5.74, 6) is 0.505. The standard InChI is InChI=1S/C14H19NO/c16-13-6-4-5-11-7-8-12(14(11)13)15-9-2-1-3-10-15/h4-6,12,16H,1-3,7-10H2. The van der Waals surface area contributed by atoms with Crippen molar-refractivity contribution in [2.75, 3.05) is 13.1 Å². The molecule has 1 aromatic rings. The summed E-state index contributed by atoms with van der Waals surface area (Å²) in [4.78, 5) is 2.56. The van der Waals surface area contributed by atoms with Crippen molar-refractivity contribution >= 4 is 0 Å². The summed E-state index contributed by atoms with van der Waals surface area (Å²) in [6.45, 7) is 2.41. The van der Waals surface area contributed by atoms with Crippen LogP contribution >= 0.6 is 0 Å². The first-order chi connectivity index (χ1) is 7.86. The number of phenols is 1. The second-order valence-electron chi connectivity index (χ2n) is 5.00. The molecule has 0 aromatic heterocycles. The highest BCUT2D eigenvalue weighted by molar-refractivity contribution is 5.44. The number of nitrogens with zero attached hydrogens (tertiary/aromatic N) is 1. The van der Waals surface area contributed by atoms with E-state index in [2.05, 4.69) is 11.0 Å². The molecule has 1 fully saturated rings. The number of aryl methyl sites for hydroxylation is 1. The van der Waals surface area contributed by atoms with Gasteiger partial charge in [-0.2, -0.15) is 0 Å². The lowest BCUT2D eigenvalue weighted by Gasteiger charge is -2.33. The van der Waals surface area contributed by atoms with Crippen molar-refractivity contribution in [1.29, 1.82) is 0 Å². The van der Waals surface area contributed by atoms with E-state index in [-0.39, 0.29) is 0 Å². The molecule has 0 amide bonds. The van der Waals surface area contributed by atoms with Gasteiger partial charge in [0, 0.05) is 11.6 Å². The Labute approximate surface area is 96.9 Å². The number of phenolic OH excluding ortho intramolecular Hbond substituents is 1. The van der Waals surface area contributed by atoms with Gasteiger partial charge in [-0.15, -0.1) is 0 Å². The molecule has 0 spiro atoms. The van der Waals surface area contributed by atoms with E-state index < -0.39 is 0 Å². The molecule has 1 aromatic carbocycles. The molecule has 1 aliphatic heterocycles. The van der Waals surface area contributed by atoms with Gasteiger partial charge in [0.1, 0.15) is 5.75 Å². The molecule has 1 saturated heterocycles. The fourth-order valence-corrected chi connectivity index (χ4v) is 3.23. The third-order valence-electron chi connectivity index (χ3n) is 4.03. The molecule has 0 bridgehead atoms. The van der Waals surface area contributed by atoms with Gasteiger partial charge in [-0.05, 0) is 50.4 Å². The summed E-state index contributed by atoms with van der Waals surface area (Å²) in [6.07, 6.45) is 6.33. The van der Waals surface area contributed by atoms with Gasteiger partial charge in [0.2, 0.25) is 0 Å². The summed E-state index contributed by atoms with van der Waals surface area (Å²) in [6, 6.07) is 6.45. The first-order valence-corrected chi connectivity index (χ1v) is 6.41. The summed E-state index contributed by atoms with van der Waals surface area (Å²) in [7, 11) is 0. The zero-order valence-electron chi connectivity index (χ0n) is 9.65. The molecule has 2 aliphatic rings. The fourth-order valence-electron chi connectivity index (χ4n) is 3.23. The molecule has 0 radical (unpaired) electrons. The summed E-state index contributed by atoms with van der Waals surface area (Å²) in [5.41, 5.74) is 2.57. The fraction of sp³-hybridized carbons (Fsp3) is 0.571. The van der Waals surface area contributed by atoms with Crippen LogP contribution in [0.15, 0.2) is 18.2 Å². The Morgan fingerprint density at radius 2 is 1.94 bits per heavy atom. The van der Waals surface area contributed by atoms with Crippen LogP contribution in [0, 0.1) is 0 Å². The molecule has 3 rings (SSSR count). The normalized spacial score (nSPS) is 25.6. The summed E-state index contributed by atoms with van der Waals surface area (Å²) < 4.78 is 0. The predicted octanol–water partition coefficient (Wildman–Crippen LogP) is 2.87. The smallest absolute Gasteiger partial charge is 0.120 e. The minimum atomic E-state index is 0.483. The zero-order chi connectivity index (χ0) is 11.0. The number of hydrogen-bond acceptors (Lipinski definition) is 2. The maximum absolute atomic E-state index is 10.0. The number of hydrogen-bond donors (Lipinski definition) is 1. The van der Waals surface area contributed by atoms with Gasteiger partial charge >= 0.3 is 0 Å². The van der Waals surface area contributed by atoms with E-state index in [9.17, 15) is 5.11 Å². The van der Waals surface area contributed by atoms with Gasteiger partial charge < -0.3 is 5.11 Å². The van der Waals surface area contributed by atoms with Crippen LogP contribution in [0.25, 0.3) is 0 Å². The van der Waals surface area contributed by atoms with E-state index >= 15 is 0 Å².